The highest BCUT2D eigenvalue weighted by Gasteiger charge is 2.14. The molecule has 5 heteroatoms. The topological polar surface area (TPSA) is 45.2 Å². The Hall–Kier alpha value is -0.940. The Morgan fingerprint density at radius 3 is 2.75 bits per heavy atom. The molecular weight excluding hydrogens is 270 g/mol. The molecule has 16 heavy (non-hydrogen) atoms. The highest BCUT2D eigenvalue weighted by Crippen LogP contribution is 2.08. The Bertz CT molecular complexity index is 377. The van der Waals surface area contributed by atoms with Crippen LogP contribution in [0.25, 0.3) is 0 Å². The fourth-order valence-corrected chi connectivity index (χ4v) is 2.08. The Balaban J connectivity index is 1.97. The summed E-state index contributed by atoms with van der Waals surface area (Å²) in [4.78, 5) is 15.9. The van der Waals surface area contributed by atoms with E-state index in [1.54, 1.807) is 12.1 Å². The molecule has 86 valence electrons. The van der Waals surface area contributed by atoms with Crippen LogP contribution in [0.3, 0.4) is 0 Å². The van der Waals surface area contributed by atoms with Crippen molar-refractivity contribution in [2.24, 2.45) is 0 Å². The van der Waals surface area contributed by atoms with Crippen molar-refractivity contribution in [3.63, 3.8) is 0 Å². The van der Waals surface area contributed by atoms with Gasteiger partial charge in [-0.2, -0.15) is 0 Å². The van der Waals surface area contributed by atoms with Gasteiger partial charge in [-0.3, -0.25) is 10.2 Å². The van der Waals surface area contributed by atoms with E-state index in [9.17, 15) is 4.79 Å². The standard InChI is InChI=1S/C11H14BrN3O/c12-10-6-4-5-9(13-10)11(16)14-15-7-2-1-3-8-15/h4-6H,1-3,7-8H2,(H,14,16). The molecule has 0 bridgehead atoms. The summed E-state index contributed by atoms with van der Waals surface area (Å²) in [6.07, 6.45) is 3.54. The number of rotatable bonds is 2. The van der Waals surface area contributed by atoms with Crippen LogP contribution >= 0.6 is 15.9 Å². The number of hydrogen-bond acceptors (Lipinski definition) is 3. The van der Waals surface area contributed by atoms with Gasteiger partial charge in [-0.25, -0.2) is 9.99 Å². The fourth-order valence-electron chi connectivity index (χ4n) is 1.74. The van der Waals surface area contributed by atoms with Gasteiger partial charge in [0.05, 0.1) is 0 Å². The van der Waals surface area contributed by atoms with Crippen LogP contribution in [0, 0.1) is 0 Å². The zero-order chi connectivity index (χ0) is 11.4. The van der Waals surface area contributed by atoms with Crippen LogP contribution in [0.15, 0.2) is 22.8 Å². The molecule has 1 saturated heterocycles. The van der Waals surface area contributed by atoms with E-state index in [0.717, 1.165) is 25.9 Å². The second-order valence-corrected chi connectivity index (χ2v) is 4.65. The van der Waals surface area contributed by atoms with Gasteiger partial charge in [0.25, 0.3) is 5.91 Å². The van der Waals surface area contributed by atoms with Gasteiger partial charge in [0.15, 0.2) is 0 Å². The van der Waals surface area contributed by atoms with Gasteiger partial charge in [0, 0.05) is 13.1 Å². The lowest BCUT2D eigenvalue weighted by Crippen LogP contribution is -2.45. The number of halogens is 1. The average molecular weight is 284 g/mol. The van der Waals surface area contributed by atoms with E-state index in [4.69, 9.17) is 0 Å². The SMILES string of the molecule is O=C(NN1CCCCC1)c1cccc(Br)n1. The van der Waals surface area contributed by atoms with Crippen molar-refractivity contribution < 1.29 is 4.79 Å². The molecule has 0 spiro atoms. The highest BCUT2D eigenvalue weighted by atomic mass is 79.9. The molecule has 0 unspecified atom stereocenters. The molecule has 1 amide bonds. The van der Waals surface area contributed by atoms with Crippen molar-refractivity contribution in [1.82, 2.24) is 15.4 Å². The molecule has 1 aromatic rings. The number of carbonyl (C=O) groups excluding carboxylic acids is 1. The first kappa shape index (κ1) is 11.5. The number of aromatic nitrogens is 1. The second kappa shape index (κ2) is 5.41. The number of nitrogens with zero attached hydrogens (tertiary/aromatic N) is 2. The molecule has 0 atom stereocenters. The van der Waals surface area contributed by atoms with E-state index in [1.165, 1.54) is 6.42 Å². The Labute approximate surface area is 103 Å². The van der Waals surface area contributed by atoms with Crippen LogP contribution in [0.1, 0.15) is 29.8 Å². The normalized spacial score (nSPS) is 17.1. The number of nitrogens with one attached hydrogen (secondary N) is 1. The largest absolute Gasteiger partial charge is 0.284 e. The number of carbonyl (C=O) groups is 1. The minimum atomic E-state index is -0.136. The maximum Gasteiger partial charge on any atom is 0.284 e. The molecule has 1 fully saturated rings. The Morgan fingerprint density at radius 1 is 1.31 bits per heavy atom. The van der Waals surface area contributed by atoms with Crippen molar-refractivity contribution in [3.8, 4) is 0 Å². The first-order valence-corrected chi connectivity index (χ1v) is 6.23. The third-order valence-electron chi connectivity index (χ3n) is 2.56. The predicted molar refractivity (Wildman–Crippen MR) is 64.8 cm³/mol. The molecule has 4 nitrogen and oxygen atoms in total. The van der Waals surface area contributed by atoms with Gasteiger partial charge in [0.1, 0.15) is 10.3 Å². The van der Waals surface area contributed by atoms with E-state index in [1.807, 2.05) is 11.1 Å². The monoisotopic (exact) mass is 283 g/mol. The second-order valence-electron chi connectivity index (χ2n) is 3.83. The van der Waals surface area contributed by atoms with E-state index in [-0.39, 0.29) is 5.91 Å². The van der Waals surface area contributed by atoms with Crippen LogP contribution < -0.4 is 5.43 Å². The van der Waals surface area contributed by atoms with Crippen LogP contribution in [-0.4, -0.2) is 29.0 Å². The van der Waals surface area contributed by atoms with E-state index in [2.05, 4.69) is 26.3 Å². The molecule has 1 aromatic heterocycles. The van der Waals surface area contributed by atoms with Gasteiger partial charge in [-0.1, -0.05) is 12.5 Å². The summed E-state index contributed by atoms with van der Waals surface area (Å²) in [6.45, 7) is 1.86. The molecular formula is C11H14BrN3O. The van der Waals surface area contributed by atoms with Gasteiger partial charge in [-0.15, -0.1) is 0 Å². The van der Waals surface area contributed by atoms with Crippen LogP contribution in [0.2, 0.25) is 0 Å². The van der Waals surface area contributed by atoms with Crippen molar-refractivity contribution in [3.05, 3.63) is 28.5 Å². The van der Waals surface area contributed by atoms with Crippen LogP contribution in [-0.2, 0) is 0 Å². The third kappa shape index (κ3) is 3.02. The maximum absolute atomic E-state index is 11.8. The van der Waals surface area contributed by atoms with Gasteiger partial charge >= 0.3 is 0 Å². The summed E-state index contributed by atoms with van der Waals surface area (Å²) < 4.78 is 0.679. The Morgan fingerprint density at radius 2 is 2.06 bits per heavy atom. The van der Waals surface area contributed by atoms with Crippen LogP contribution in [0.4, 0.5) is 0 Å². The van der Waals surface area contributed by atoms with Gasteiger partial charge < -0.3 is 0 Å². The number of amides is 1. The maximum atomic E-state index is 11.8. The lowest BCUT2D eigenvalue weighted by atomic mass is 10.2. The number of pyridine rings is 1. The molecule has 0 saturated carbocycles. The van der Waals surface area contributed by atoms with Crippen molar-refractivity contribution in [2.45, 2.75) is 19.3 Å². The predicted octanol–water partition coefficient (Wildman–Crippen LogP) is 1.97. The number of piperidine rings is 1. The smallest absolute Gasteiger partial charge is 0.283 e. The van der Waals surface area contributed by atoms with Crippen molar-refractivity contribution in [1.29, 1.82) is 0 Å². The molecule has 0 radical (unpaired) electrons. The summed E-state index contributed by atoms with van der Waals surface area (Å²) in [5, 5.41) is 1.97. The quantitative estimate of drug-likeness (QED) is 0.845. The van der Waals surface area contributed by atoms with Crippen LogP contribution in [0.5, 0.6) is 0 Å². The lowest BCUT2D eigenvalue weighted by Gasteiger charge is -2.26. The molecule has 1 N–H and O–H groups in total. The van der Waals surface area contributed by atoms with Gasteiger partial charge in [0.2, 0.25) is 0 Å². The Kier molecular flexibility index (Phi) is 3.90. The fraction of sp³-hybridized carbons (Fsp3) is 0.455. The molecule has 0 aliphatic carbocycles. The minimum absolute atomic E-state index is 0.136. The number of hydrogen-bond donors (Lipinski definition) is 1. The highest BCUT2D eigenvalue weighted by molar-refractivity contribution is 9.10. The first-order chi connectivity index (χ1) is 7.75. The molecule has 1 aliphatic rings. The minimum Gasteiger partial charge on any atom is -0.283 e. The number of hydrazine groups is 1. The first-order valence-electron chi connectivity index (χ1n) is 5.44. The summed E-state index contributed by atoms with van der Waals surface area (Å²) in [5.41, 5.74) is 3.32. The summed E-state index contributed by atoms with van der Waals surface area (Å²) in [5.74, 6) is -0.136. The summed E-state index contributed by atoms with van der Waals surface area (Å²) in [6, 6.07) is 5.32. The van der Waals surface area contributed by atoms with Crippen molar-refractivity contribution >= 4 is 21.8 Å². The molecule has 2 heterocycles. The van der Waals surface area contributed by atoms with Gasteiger partial charge in [-0.05, 0) is 40.9 Å². The molecule has 2 rings (SSSR count). The lowest BCUT2D eigenvalue weighted by molar-refractivity contribution is 0.0744. The summed E-state index contributed by atoms with van der Waals surface area (Å²) >= 11 is 3.25. The third-order valence-corrected chi connectivity index (χ3v) is 3.01. The van der Waals surface area contributed by atoms with Crippen molar-refractivity contribution in [2.75, 3.05) is 13.1 Å². The average Bonchev–Trinajstić information content (AvgIpc) is 2.30. The molecule has 1 aliphatic heterocycles. The van der Waals surface area contributed by atoms with E-state index >= 15 is 0 Å². The zero-order valence-electron chi connectivity index (χ0n) is 8.95. The molecule has 0 aromatic carbocycles. The van der Waals surface area contributed by atoms with E-state index < -0.39 is 0 Å². The zero-order valence-corrected chi connectivity index (χ0v) is 10.5. The summed E-state index contributed by atoms with van der Waals surface area (Å²) in [7, 11) is 0. The van der Waals surface area contributed by atoms with E-state index in [0.29, 0.717) is 10.3 Å².